The van der Waals surface area contributed by atoms with Gasteiger partial charge in [0.15, 0.2) is 0 Å². The van der Waals surface area contributed by atoms with Crippen LogP contribution in [0.3, 0.4) is 0 Å². The van der Waals surface area contributed by atoms with E-state index in [2.05, 4.69) is 15.0 Å². The van der Waals surface area contributed by atoms with Gasteiger partial charge in [-0.05, 0) is 26.0 Å². The topological polar surface area (TPSA) is 37.6 Å². The highest BCUT2D eigenvalue weighted by Gasteiger charge is 1.92. The van der Waals surface area contributed by atoms with Crippen molar-refractivity contribution in [3.05, 3.63) is 29.6 Å². The van der Waals surface area contributed by atoms with Crippen molar-refractivity contribution in [2.75, 3.05) is 7.05 Å². The van der Waals surface area contributed by atoms with Gasteiger partial charge in [-0.15, -0.1) is 0 Å². The Morgan fingerprint density at radius 2 is 1.86 bits per heavy atom. The average molecular weight is 189 g/mol. The number of hydrogen-bond acceptors (Lipinski definition) is 3. The van der Waals surface area contributed by atoms with Crippen LogP contribution < -0.4 is 0 Å². The Balaban J connectivity index is 2.83. The second-order valence-electron chi connectivity index (χ2n) is 3.25. The van der Waals surface area contributed by atoms with Crippen molar-refractivity contribution in [3.8, 4) is 0 Å². The lowest BCUT2D eigenvalue weighted by Crippen LogP contribution is -1.95. The Kier molecular flexibility index (Phi) is 3.98. The summed E-state index contributed by atoms with van der Waals surface area (Å²) in [6, 6.07) is 6.10. The van der Waals surface area contributed by atoms with Gasteiger partial charge < -0.3 is 0 Å². The van der Waals surface area contributed by atoms with Crippen LogP contribution in [0.15, 0.2) is 28.2 Å². The van der Waals surface area contributed by atoms with Crippen LogP contribution in [0, 0.1) is 0 Å². The predicted molar refractivity (Wildman–Crippen MR) is 60.5 cm³/mol. The highest BCUT2D eigenvalue weighted by atomic mass is 14.8. The van der Waals surface area contributed by atoms with Crippen LogP contribution in [0.2, 0.25) is 0 Å². The fourth-order valence-corrected chi connectivity index (χ4v) is 0.970. The molecule has 0 N–H and O–H groups in total. The molecule has 0 fully saturated rings. The number of pyridine rings is 1. The first-order valence-electron chi connectivity index (χ1n) is 4.65. The Hall–Kier alpha value is -1.51. The molecule has 0 spiro atoms. The molecule has 1 rings (SSSR count). The van der Waals surface area contributed by atoms with E-state index in [1.165, 1.54) is 0 Å². The minimum absolute atomic E-state index is 0.306. The summed E-state index contributed by atoms with van der Waals surface area (Å²) in [4.78, 5) is 12.5. The zero-order chi connectivity index (χ0) is 10.4. The van der Waals surface area contributed by atoms with Crippen LogP contribution in [0.1, 0.15) is 25.2 Å². The van der Waals surface area contributed by atoms with E-state index in [0.29, 0.717) is 6.04 Å². The van der Waals surface area contributed by atoms with Crippen LogP contribution in [-0.4, -0.2) is 30.5 Å². The van der Waals surface area contributed by atoms with E-state index in [0.717, 1.165) is 11.4 Å². The molecule has 1 aromatic rings. The van der Waals surface area contributed by atoms with Crippen molar-refractivity contribution in [2.45, 2.75) is 19.9 Å². The summed E-state index contributed by atoms with van der Waals surface area (Å²) >= 11 is 0. The van der Waals surface area contributed by atoms with Crippen LogP contribution >= 0.6 is 0 Å². The van der Waals surface area contributed by atoms with Gasteiger partial charge in [0.25, 0.3) is 0 Å². The monoisotopic (exact) mass is 189 g/mol. The standard InChI is InChI=1S/C11H15N3/c1-9(2)13-8-11-6-4-5-10(14-11)7-12-3/h4-9H,1-3H3/b12-7+,13-8+. The molecule has 0 bridgehead atoms. The van der Waals surface area contributed by atoms with E-state index in [4.69, 9.17) is 0 Å². The molecule has 0 aliphatic heterocycles. The van der Waals surface area contributed by atoms with Crippen molar-refractivity contribution in [2.24, 2.45) is 9.98 Å². The van der Waals surface area contributed by atoms with E-state index < -0.39 is 0 Å². The van der Waals surface area contributed by atoms with Crippen molar-refractivity contribution in [1.82, 2.24) is 4.98 Å². The van der Waals surface area contributed by atoms with Gasteiger partial charge in [0.2, 0.25) is 0 Å². The first-order chi connectivity index (χ1) is 6.72. The van der Waals surface area contributed by atoms with Gasteiger partial charge in [-0.2, -0.15) is 0 Å². The first kappa shape index (κ1) is 10.6. The highest BCUT2D eigenvalue weighted by Crippen LogP contribution is 1.96. The fourth-order valence-electron chi connectivity index (χ4n) is 0.970. The van der Waals surface area contributed by atoms with Gasteiger partial charge in [0.1, 0.15) is 0 Å². The number of hydrogen-bond donors (Lipinski definition) is 0. The lowest BCUT2D eigenvalue weighted by Gasteiger charge is -1.96. The summed E-state index contributed by atoms with van der Waals surface area (Å²) in [5, 5.41) is 0. The lowest BCUT2D eigenvalue weighted by atomic mass is 10.3. The summed E-state index contributed by atoms with van der Waals surface area (Å²) in [6.45, 7) is 4.07. The second-order valence-corrected chi connectivity index (χ2v) is 3.25. The van der Waals surface area contributed by atoms with Crippen molar-refractivity contribution >= 4 is 12.4 Å². The Bertz CT molecular complexity index is 340. The SMILES string of the molecule is C/N=C/c1cccc(/C=N/C(C)C)n1. The Morgan fingerprint density at radius 1 is 1.21 bits per heavy atom. The van der Waals surface area contributed by atoms with Crippen molar-refractivity contribution in [3.63, 3.8) is 0 Å². The quantitative estimate of drug-likeness (QED) is 0.670. The third-order valence-electron chi connectivity index (χ3n) is 1.56. The summed E-state index contributed by atoms with van der Waals surface area (Å²) in [5.41, 5.74) is 1.73. The zero-order valence-electron chi connectivity index (χ0n) is 8.81. The van der Waals surface area contributed by atoms with Crippen LogP contribution in [-0.2, 0) is 0 Å². The molecule has 0 radical (unpaired) electrons. The van der Waals surface area contributed by atoms with Gasteiger partial charge in [-0.25, -0.2) is 4.98 Å². The Morgan fingerprint density at radius 3 is 2.43 bits per heavy atom. The van der Waals surface area contributed by atoms with Crippen molar-refractivity contribution < 1.29 is 0 Å². The average Bonchev–Trinajstić information content (AvgIpc) is 2.16. The number of aromatic nitrogens is 1. The maximum absolute atomic E-state index is 4.34. The molecule has 0 aliphatic rings. The van der Waals surface area contributed by atoms with Crippen molar-refractivity contribution in [1.29, 1.82) is 0 Å². The van der Waals surface area contributed by atoms with Crippen LogP contribution in [0.4, 0.5) is 0 Å². The largest absolute Gasteiger partial charge is 0.294 e. The summed E-state index contributed by atoms with van der Waals surface area (Å²) in [5.74, 6) is 0. The number of aliphatic imine (C=N–C) groups is 2. The predicted octanol–water partition coefficient (Wildman–Crippen LogP) is 1.96. The fraction of sp³-hybridized carbons (Fsp3) is 0.364. The second kappa shape index (κ2) is 5.27. The van der Waals surface area contributed by atoms with E-state index in [1.54, 1.807) is 19.5 Å². The molecule has 1 aromatic heterocycles. The first-order valence-corrected chi connectivity index (χ1v) is 4.65. The number of rotatable bonds is 3. The van der Waals surface area contributed by atoms with E-state index >= 15 is 0 Å². The maximum atomic E-state index is 4.34. The molecule has 0 saturated carbocycles. The molecule has 3 heteroatoms. The summed E-state index contributed by atoms with van der Waals surface area (Å²) in [7, 11) is 1.73. The molecule has 1 heterocycles. The number of nitrogens with zero attached hydrogens (tertiary/aromatic N) is 3. The normalized spacial score (nSPS) is 12.0. The molecule has 3 nitrogen and oxygen atoms in total. The Labute approximate surface area is 84.6 Å². The molecule has 0 atom stereocenters. The molecule has 0 amide bonds. The molecule has 0 aromatic carbocycles. The minimum Gasteiger partial charge on any atom is -0.294 e. The third-order valence-corrected chi connectivity index (χ3v) is 1.56. The molecule has 14 heavy (non-hydrogen) atoms. The smallest absolute Gasteiger partial charge is 0.0815 e. The molecule has 74 valence electrons. The third kappa shape index (κ3) is 3.47. The molecular formula is C11H15N3. The molecular weight excluding hydrogens is 174 g/mol. The lowest BCUT2D eigenvalue weighted by molar-refractivity contribution is 0.840. The molecule has 0 saturated heterocycles. The van der Waals surface area contributed by atoms with Gasteiger partial charge in [0.05, 0.1) is 11.4 Å². The molecule has 0 aliphatic carbocycles. The minimum atomic E-state index is 0.306. The van der Waals surface area contributed by atoms with Gasteiger partial charge >= 0.3 is 0 Å². The van der Waals surface area contributed by atoms with E-state index in [9.17, 15) is 0 Å². The molecule has 0 unspecified atom stereocenters. The van der Waals surface area contributed by atoms with Gasteiger partial charge in [0, 0.05) is 25.5 Å². The maximum Gasteiger partial charge on any atom is 0.0815 e. The van der Waals surface area contributed by atoms with Crippen LogP contribution in [0.25, 0.3) is 0 Å². The zero-order valence-corrected chi connectivity index (χ0v) is 8.81. The van der Waals surface area contributed by atoms with E-state index in [-0.39, 0.29) is 0 Å². The highest BCUT2D eigenvalue weighted by molar-refractivity contribution is 5.81. The van der Waals surface area contributed by atoms with Crippen LogP contribution in [0.5, 0.6) is 0 Å². The summed E-state index contributed by atoms with van der Waals surface area (Å²) in [6.07, 6.45) is 3.52. The van der Waals surface area contributed by atoms with Gasteiger partial charge in [-0.1, -0.05) is 6.07 Å². The van der Waals surface area contributed by atoms with E-state index in [1.807, 2.05) is 32.0 Å². The summed E-state index contributed by atoms with van der Waals surface area (Å²) < 4.78 is 0. The van der Waals surface area contributed by atoms with Gasteiger partial charge in [-0.3, -0.25) is 9.98 Å².